The molecule has 2 aromatic rings. The Morgan fingerprint density at radius 1 is 1.33 bits per heavy atom. The van der Waals surface area contributed by atoms with Crippen molar-refractivity contribution < 1.29 is 4.79 Å². The Kier molecular flexibility index (Phi) is 2.63. The number of nitrogens with zero attached hydrogens (tertiary/aromatic N) is 1. The highest BCUT2D eigenvalue weighted by Crippen LogP contribution is 2.48. The summed E-state index contributed by atoms with van der Waals surface area (Å²) in [6.45, 7) is 0.459. The molecule has 92 valence electrons. The van der Waals surface area contributed by atoms with Crippen LogP contribution < -0.4 is 5.32 Å². The number of benzene rings is 1. The van der Waals surface area contributed by atoms with Crippen LogP contribution in [-0.4, -0.2) is 15.9 Å². The molecule has 0 radical (unpaired) electrons. The van der Waals surface area contributed by atoms with Gasteiger partial charge in [-0.3, -0.25) is 4.79 Å². The summed E-state index contributed by atoms with van der Waals surface area (Å²) in [6.07, 6.45) is 5.30. The van der Waals surface area contributed by atoms with Crippen molar-refractivity contribution in [2.45, 2.75) is 24.8 Å². The van der Waals surface area contributed by atoms with Crippen molar-refractivity contribution in [2.24, 2.45) is 0 Å². The molecule has 1 heterocycles. The lowest BCUT2D eigenvalue weighted by molar-refractivity contribution is -0.123. The number of hydrogen-bond donors (Lipinski definition) is 2. The van der Waals surface area contributed by atoms with Crippen molar-refractivity contribution in [3.05, 3.63) is 54.1 Å². The van der Waals surface area contributed by atoms with Gasteiger partial charge in [-0.2, -0.15) is 0 Å². The Labute approximate surface area is 105 Å². The topological polar surface area (TPSA) is 57.8 Å². The van der Waals surface area contributed by atoms with Gasteiger partial charge < -0.3 is 10.3 Å². The molecular formula is C14H15N3O. The summed E-state index contributed by atoms with van der Waals surface area (Å²) in [4.78, 5) is 19.3. The Morgan fingerprint density at radius 2 is 2.11 bits per heavy atom. The van der Waals surface area contributed by atoms with E-state index in [9.17, 15) is 4.79 Å². The Hall–Kier alpha value is -2.10. The molecule has 3 rings (SSSR count). The number of aromatic nitrogens is 2. The summed E-state index contributed by atoms with van der Waals surface area (Å²) < 4.78 is 0. The molecule has 4 heteroatoms. The summed E-state index contributed by atoms with van der Waals surface area (Å²) in [7, 11) is 0. The molecule has 1 aliphatic carbocycles. The first-order valence-corrected chi connectivity index (χ1v) is 6.13. The van der Waals surface area contributed by atoms with Gasteiger partial charge in [0, 0.05) is 12.4 Å². The number of amides is 1. The fourth-order valence-electron chi connectivity index (χ4n) is 2.26. The maximum atomic E-state index is 12.3. The zero-order chi connectivity index (χ0) is 12.4. The lowest BCUT2D eigenvalue weighted by Crippen LogP contribution is -2.34. The molecule has 0 atom stereocenters. The molecule has 4 nitrogen and oxygen atoms in total. The molecule has 0 aliphatic heterocycles. The standard InChI is InChI=1S/C14H15N3O/c18-13(17-10-12-15-8-9-16-12)14(6-7-14)11-4-2-1-3-5-11/h1-5,8-9H,6-7,10H2,(H,15,16)(H,17,18). The molecule has 1 fully saturated rings. The van der Waals surface area contributed by atoms with E-state index in [2.05, 4.69) is 15.3 Å². The predicted molar refractivity (Wildman–Crippen MR) is 67.8 cm³/mol. The van der Waals surface area contributed by atoms with Gasteiger partial charge in [0.2, 0.25) is 5.91 Å². The molecule has 1 amide bonds. The molecule has 1 aliphatic rings. The number of carbonyl (C=O) groups is 1. The summed E-state index contributed by atoms with van der Waals surface area (Å²) in [5.41, 5.74) is 0.815. The second-order valence-corrected chi connectivity index (χ2v) is 4.67. The van der Waals surface area contributed by atoms with E-state index in [0.717, 1.165) is 24.2 Å². The van der Waals surface area contributed by atoms with Gasteiger partial charge in [-0.25, -0.2) is 4.98 Å². The number of aromatic amines is 1. The summed E-state index contributed by atoms with van der Waals surface area (Å²) in [5, 5.41) is 2.95. The van der Waals surface area contributed by atoms with E-state index < -0.39 is 0 Å². The fraction of sp³-hybridized carbons (Fsp3) is 0.286. The smallest absolute Gasteiger partial charge is 0.231 e. The van der Waals surface area contributed by atoms with E-state index in [1.54, 1.807) is 12.4 Å². The normalized spacial score (nSPS) is 16.2. The van der Waals surface area contributed by atoms with Crippen LogP contribution >= 0.6 is 0 Å². The van der Waals surface area contributed by atoms with Crippen LogP contribution in [0, 0.1) is 0 Å². The second kappa shape index (κ2) is 4.29. The SMILES string of the molecule is O=C(NCc1ncc[nH]1)C1(c2ccccc2)CC1. The first kappa shape index (κ1) is 11.0. The average Bonchev–Trinajstić information content (AvgIpc) is 3.07. The van der Waals surface area contributed by atoms with Gasteiger partial charge in [-0.15, -0.1) is 0 Å². The third-order valence-electron chi connectivity index (χ3n) is 3.48. The molecule has 1 aromatic carbocycles. The first-order valence-electron chi connectivity index (χ1n) is 6.13. The van der Waals surface area contributed by atoms with Crippen molar-refractivity contribution in [2.75, 3.05) is 0 Å². The Bertz CT molecular complexity index is 529. The molecule has 1 saturated carbocycles. The van der Waals surface area contributed by atoms with Crippen LogP contribution in [0.4, 0.5) is 0 Å². The first-order chi connectivity index (χ1) is 8.81. The maximum Gasteiger partial charge on any atom is 0.231 e. The molecule has 2 N–H and O–H groups in total. The van der Waals surface area contributed by atoms with E-state index in [4.69, 9.17) is 0 Å². The fourth-order valence-corrected chi connectivity index (χ4v) is 2.26. The minimum atomic E-state index is -0.298. The molecule has 18 heavy (non-hydrogen) atoms. The zero-order valence-corrected chi connectivity index (χ0v) is 10.0. The Morgan fingerprint density at radius 3 is 2.72 bits per heavy atom. The number of carbonyl (C=O) groups excluding carboxylic acids is 1. The number of hydrogen-bond acceptors (Lipinski definition) is 2. The van der Waals surface area contributed by atoms with Crippen molar-refractivity contribution in [1.29, 1.82) is 0 Å². The van der Waals surface area contributed by atoms with Gasteiger partial charge in [0.25, 0.3) is 0 Å². The lowest BCUT2D eigenvalue weighted by Gasteiger charge is -2.15. The predicted octanol–water partition coefficient (Wildman–Crippen LogP) is 1.76. The minimum absolute atomic E-state index is 0.102. The van der Waals surface area contributed by atoms with Gasteiger partial charge >= 0.3 is 0 Å². The van der Waals surface area contributed by atoms with Gasteiger partial charge in [0.1, 0.15) is 5.82 Å². The van der Waals surface area contributed by atoms with Crippen LogP contribution in [-0.2, 0) is 16.8 Å². The van der Waals surface area contributed by atoms with Crippen LogP contribution in [0.1, 0.15) is 24.2 Å². The molecule has 0 spiro atoms. The van der Waals surface area contributed by atoms with Crippen molar-refractivity contribution in [3.63, 3.8) is 0 Å². The van der Waals surface area contributed by atoms with Crippen LogP contribution in [0.5, 0.6) is 0 Å². The van der Waals surface area contributed by atoms with E-state index >= 15 is 0 Å². The molecule has 1 aromatic heterocycles. The number of rotatable bonds is 4. The largest absolute Gasteiger partial charge is 0.348 e. The van der Waals surface area contributed by atoms with E-state index in [0.29, 0.717) is 6.54 Å². The lowest BCUT2D eigenvalue weighted by atomic mass is 9.95. The summed E-state index contributed by atoms with van der Waals surface area (Å²) in [6, 6.07) is 9.99. The van der Waals surface area contributed by atoms with Crippen LogP contribution in [0.15, 0.2) is 42.7 Å². The quantitative estimate of drug-likeness (QED) is 0.857. The number of imidazole rings is 1. The molecule has 0 saturated heterocycles. The third kappa shape index (κ3) is 1.90. The maximum absolute atomic E-state index is 12.3. The van der Waals surface area contributed by atoms with Gasteiger partial charge in [-0.1, -0.05) is 30.3 Å². The van der Waals surface area contributed by atoms with E-state index in [1.165, 1.54) is 0 Å². The highest BCUT2D eigenvalue weighted by atomic mass is 16.2. The molecule has 0 bridgehead atoms. The van der Waals surface area contributed by atoms with E-state index in [1.807, 2.05) is 30.3 Å². The van der Waals surface area contributed by atoms with Crippen molar-refractivity contribution in [3.8, 4) is 0 Å². The third-order valence-corrected chi connectivity index (χ3v) is 3.48. The molecular weight excluding hydrogens is 226 g/mol. The summed E-state index contributed by atoms with van der Waals surface area (Å²) in [5.74, 6) is 0.886. The van der Waals surface area contributed by atoms with Crippen LogP contribution in [0.2, 0.25) is 0 Å². The number of nitrogens with one attached hydrogen (secondary N) is 2. The molecule has 0 unspecified atom stereocenters. The zero-order valence-electron chi connectivity index (χ0n) is 10.0. The Balaban J connectivity index is 1.69. The minimum Gasteiger partial charge on any atom is -0.348 e. The van der Waals surface area contributed by atoms with Gasteiger partial charge in [0.05, 0.1) is 12.0 Å². The van der Waals surface area contributed by atoms with Crippen molar-refractivity contribution >= 4 is 5.91 Å². The highest BCUT2D eigenvalue weighted by molar-refractivity contribution is 5.91. The average molecular weight is 241 g/mol. The summed E-state index contributed by atoms with van der Waals surface area (Å²) >= 11 is 0. The van der Waals surface area contributed by atoms with Gasteiger partial charge in [0.15, 0.2) is 0 Å². The van der Waals surface area contributed by atoms with E-state index in [-0.39, 0.29) is 11.3 Å². The van der Waals surface area contributed by atoms with Crippen LogP contribution in [0.3, 0.4) is 0 Å². The van der Waals surface area contributed by atoms with Crippen LogP contribution in [0.25, 0.3) is 0 Å². The number of H-pyrrole nitrogens is 1. The second-order valence-electron chi connectivity index (χ2n) is 4.67. The highest BCUT2D eigenvalue weighted by Gasteiger charge is 2.50. The van der Waals surface area contributed by atoms with Crippen molar-refractivity contribution in [1.82, 2.24) is 15.3 Å². The monoisotopic (exact) mass is 241 g/mol. The van der Waals surface area contributed by atoms with Gasteiger partial charge in [-0.05, 0) is 18.4 Å².